The Morgan fingerprint density at radius 3 is 1.27 bits per heavy atom. The molecule has 0 heterocycles. The van der Waals surface area contributed by atoms with Gasteiger partial charge >= 0.3 is 0 Å². The van der Waals surface area contributed by atoms with Crippen molar-refractivity contribution in [2.24, 2.45) is 16.2 Å². The van der Waals surface area contributed by atoms with Gasteiger partial charge in [-0.2, -0.15) is 32.1 Å². The molecule has 6 unspecified atom stereocenters. The molecule has 0 aliphatic heterocycles. The van der Waals surface area contributed by atoms with E-state index in [4.69, 9.17) is 0 Å². The fourth-order valence-corrected chi connectivity index (χ4v) is 8.89. The van der Waals surface area contributed by atoms with Crippen LogP contribution in [0.15, 0.2) is 0 Å². The maximum Gasteiger partial charge on any atom is 0.0987 e. The van der Waals surface area contributed by atoms with Gasteiger partial charge in [-0.3, -0.25) is 5.92 Å². The SMILES string of the molecule is CC12CC[C-](C1)C1(F)[C-]3CC(C)(C21F)C1(F)C2(C)CC[C-](C2)C31F.[B].[B].[B].[W].[W].[W]. The fraction of sp³-hybridized carbons (Fsp3) is 0.850. The Labute approximate surface area is 226 Å². The van der Waals surface area contributed by atoms with Crippen LogP contribution in [0.5, 0.6) is 0 Å². The summed E-state index contributed by atoms with van der Waals surface area (Å²) in [6.07, 6.45) is 2.74. The summed E-state index contributed by atoms with van der Waals surface area (Å²) >= 11 is 0. The zero-order chi connectivity index (χ0) is 17.2. The molecular formula is C20H23B3F4W3-3. The number of hydrogen-bond acceptors (Lipinski definition) is 0. The molecule has 0 aromatic carbocycles. The molecule has 6 fully saturated rings. The number of alkyl halides is 4. The maximum absolute atomic E-state index is 16.8. The zero-order valence-electron chi connectivity index (χ0n) is 17.4. The minimum absolute atomic E-state index is 0. The van der Waals surface area contributed by atoms with Crippen molar-refractivity contribution in [1.29, 1.82) is 0 Å². The van der Waals surface area contributed by atoms with E-state index in [1.165, 1.54) is 6.92 Å². The first-order valence-electron chi connectivity index (χ1n) is 9.29. The predicted molar refractivity (Wildman–Crippen MR) is 99.0 cm³/mol. The minimum atomic E-state index is -2.35. The van der Waals surface area contributed by atoms with Gasteiger partial charge in [0, 0.05) is 93.8 Å². The molecule has 0 aromatic heterocycles. The second-order valence-corrected chi connectivity index (χ2v) is 10.3. The minimum Gasteiger partial charge on any atom is -0.310 e. The van der Waals surface area contributed by atoms with Gasteiger partial charge < -0.3 is 20.6 Å². The first kappa shape index (κ1) is 32.0. The Balaban J connectivity index is 0.00000140. The van der Waals surface area contributed by atoms with E-state index in [-0.39, 0.29) is 101 Å². The van der Waals surface area contributed by atoms with Gasteiger partial charge in [-0.15, -0.1) is 0 Å². The zero-order valence-corrected chi connectivity index (χ0v) is 26.2. The van der Waals surface area contributed by atoms with Gasteiger partial charge in [-0.25, -0.2) is 8.78 Å². The Bertz CT molecular complexity index is 669. The monoisotopic (exact) mass is 924 g/mol. The van der Waals surface area contributed by atoms with Crippen LogP contribution in [0.3, 0.4) is 0 Å². The molecule has 6 atom stereocenters. The van der Waals surface area contributed by atoms with Crippen molar-refractivity contribution in [2.75, 3.05) is 0 Å². The summed E-state index contributed by atoms with van der Waals surface area (Å²) in [5, 5.41) is 0. The Morgan fingerprint density at radius 2 is 0.933 bits per heavy atom. The molecule has 9 radical (unpaired) electrons. The average Bonchev–Trinajstić information content (AvgIpc) is 3.25. The molecule has 0 aromatic rings. The first-order valence-corrected chi connectivity index (χ1v) is 9.29. The Hall–Kier alpha value is 1.98. The topological polar surface area (TPSA) is 0 Å². The van der Waals surface area contributed by atoms with E-state index >= 15 is 17.6 Å². The molecule has 0 nitrogen and oxygen atoms in total. The summed E-state index contributed by atoms with van der Waals surface area (Å²) in [5.41, 5.74) is -12.8. The maximum atomic E-state index is 16.8. The smallest absolute Gasteiger partial charge is 0.0987 e. The van der Waals surface area contributed by atoms with Crippen molar-refractivity contribution >= 4 is 25.2 Å². The second kappa shape index (κ2) is 7.74. The van der Waals surface area contributed by atoms with Crippen LogP contribution in [0.4, 0.5) is 17.6 Å². The molecule has 0 spiro atoms. The molecule has 0 N–H and O–H groups in total. The van der Waals surface area contributed by atoms with E-state index in [2.05, 4.69) is 0 Å². The molecule has 10 heteroatoms. The fourth-order valence-electron chi connectivity index (χ4n) is 8.89. The van der Waals surface area contributed by atoms with Gasteiger partial charge in [0.05, 0.1) is 11.3 Å². The van der Waals surface area contributed by atoms with Crippen LogP contribution in [-0.4, -0.2) is 47.9 Å². The van der Waals surface area contributed by atoms with E-state index in [0.29, 0.717) is 50.4 Å². The quantitative estimate of drug-likeness (QED) is 0.148. The molecule has 30 heavy (non-hydrogen) atoms. The molecule has 6 bridgehead atoms. The number of fused-ring (bicyclic) bond motifs is 16. The van der Waals surface area contributed by atoms with Crippen molar-refractivity contribution in [3.05, 3.63) is 17.8 Å². The summed E-state index contributed by atoms with van der Waals surface area (Å²) in [4.78, 5) is 0. The number of hydrogen-bond donors (Lipinski definition) is 0. The summed E-state index contributed by atoms with van der Waals surface area (Å²) < 4.78 is 66.3. The second-order valence-electron chi connectivity index (χ2n) is 10.3. The Morgan fingerprint density at radius 1 is 0.600 bits per heavy atom. The van der Waals surface area contributed by atoms with Gasteiger partial charge in [0.25, 0.3) is 0 Å². The van der Waals surface area contributed by atoms with Crippen LogP contribution in [0.2, 0.25) is 0 Å². The summed E-state index contributed by atoms with van der Waals surface area (Å²) in [6.45, 7) is 5.05. The van der Waals surface area contributed by atoms with E-state index in [1.807, 2.05) is 0 Å². The molecule has 6 saturated carbocycles. The van der Waals surface area contributed by atoms with Crippen LogP contribution in [-0.2, 0) is 63.2 Å². The van der Waals surface area contributed by atoms with Crippen LogP contribution < -0.4 is 0 Å². The largest absolute Gasteiger partial charge is 0.310 e. The van der Waals surface area contributed by atoms with E-state index in [9.17, 15) is 0 Å². The van der Waals surface area contributed by atoms with E-state index in [0.717, 1.165) is 0 Å². The van der Waals surface area contributed by atoms with Gasteiger partial charge in [-0.05, 0) is 10.8 Å². The molecule has 161 valence electrons. The summed E-state index contributed by atoms with van der Waals surface area (Å²) in [7, 11) is 0. The molecule has 0 amide bonds. The summed E-state index contributed by atoms with van der Waals surface area (Å²) in [6, 6.07) is 0. The molecule has 6 rings (SSSR count). The number of halogens is 4. The van der Waals surface area contributed by atoms with Crippen LogP contribution in [0.1, 0.15) is 65.7 Å². The molecular weight excluding hydrogens is 900 g/mol. The van der Waals surface area contributed by atoms with Crippen molar-refractivity contribution in [2.45, 2.75) is 88.4 Å². The van der Waals surface area contributed by atoms with E-state index in [1.54, 1.807) is 13.8 Å². The van der Waals surface area contributed by atoms with Gasteiger partial charge in [0.1, 0.15) is 0 Å². The van der Waals surface area contributed by atoms with Crippen LogP contribution in [0.25, 0.3) is 0 Å². The van der Waals surface area contributed by atoms with Gasteiger partial charge in [0.15, 0.2) is 0 Å². The normalized spacial score (nSPS) is 56.5. The van der Waals surface area contributed by atoms with Gasteiger partial charge in [-0.1, -0.05) is 45.0 Å². The molecule has 0 saturated heterocycles. The van der Waals surface area contributed by atoms with Crippen molar-refractivity contribution in [3.63, 3.8) is 0 Å². The molecule has 6 aliphatic rings. The van der Waals surface area contributed by atoms with Gasteiger partial charge in [0.2, 0.25) is 0 Å². The third-order valence-electron chi connectivity index (χ3n) is 9.63. The number of rotatable bonds is 0. The standard InChI is InChI=1S/C20H23F4.3B.3W/c1-14-6-4-11(8-14)17(21)13-10-16(3,19(14,17)23)20(24)15(2)7-5-12(9-15)18(13,20)22;;;;;;/h4-10H2,1-3H3;;;;;;/q-3;;;;;;. The molecule has 6 aliphatic carbocycles. The third kappa shape index (κ3) is 2.20. The summed E-state index contributed by atoms with van der Waals surface area (Å²) in [5.74, 6) is 0.914. The predicted octanol–water partition coefficient (Wildman–Crippen LogP) is 4.22. The van der Waals surface area contributed by atoms with Crippen molar-refractivity contribution in [1.82, 2.24) is 0 Å². The van der Waals surface area contributed by atoms with Crippen molar-refractivity contribution in [3.8, 4) is 0 Å². The first-order chi connectivity index (χ1) is 11.0. The van der Waals surface area contributed by atoms with E-state index < -0.39 is 38.9 Å². The Kier molecular flexibility index (Phi) is 8.25. The van der Waals surface area contributed by atoms with Crippen LogP contribution in [0, 0.1) is 34.0 Å². The van der Waals surface area contributed by atoms with Crippen LogP contribution >= 0.6 is 0 Å². The third-order valence-corrected chi connectivity index (χ3v) is 9.63. The van der Waals surface area contributed by atoms with Crippen molar-refractivity contribution < 1.29 is 80.8 Å². The average molecular weight is 923 g/mol.